The maximum atomic E-state index is 13.0. The predicted octanol–water partition coefficient (Wildman–Crippen LogP) is 5.49. The third-order valence-electron chi connectivity index (χ3n) is 5.98. The number of halogens is 1. The number of H-pyrrole nitrogens is 2. The van der Waals surface area contributed by atoms with Gasteiger partial charge in [0, 0.05) is 27.5 Å². The van der Waals surface area contributed by atoms with Gasteiger partial charge in [0.25, 0.3) is 0 Å². The van der Waals surface area contributed by atoms with Gasteiger partial charge < -0.3 is 9.97 Å². The van der Waals surface area contributed by atoms with Gasteiger partial charge in [-0.3, -0.25) is 4.79 Å². The Morgan fingerprint density at radius 1 is 1.26 bits per heavy atom. The molecule has 0 amide bonds. The third-order valence-corrected chi connectivity index (χ3v) is 6.47. The van der Waals surface area contributed by atoms with Crippen LogP contribution >= 0.6 is 15.9 Å². The number of hydrogen-bond acceptors (Lipinski definition) is 3. The highest BCUT2D eigenvalue weighted by Crippen LogP contribution is 2.30. The molecule has 4 rings (SSSR count). The number of aromatic amines is 2. The Morgan fingerprint density at radius 2 is 2.06 bits per heavy atom. The second-order valence-corrected chi connectivity index (χ2v) is 9.56. The van der Waals surface area contributed by atoms with Crippen LogP contribution in [-0.2, 0) is 0 Å². The van der Waals surface area contributed by atoms with Gasteiger partial charge in [-0.1, -0.05) is 46.2 Å². The Hall–Kier alpha value is -2.67. The smallest absolute Gasteiger partial charge is 0.349 e. The van der Waals surface area contributed by atoms with Gasteiger partial charge in [0.2, 0.25) is 0 Å². The summed E-state index contributed by atoms with van der Waals surface area (Å²) < 4.78 is 1.80. The van der Waals surface area contributed by atoms with Crippen LogP contribution in [0, 0.1) is 11.8 Å². The minimum absolute atomic E-state index is 0.202. The molecule has 7 heteroatoms. The Labute approximate surface area is 188 Å². The molecule has 0 radical (unpaired) electrons. The van der Waals surface area contributed by atoms with Gasteiger partial charge in [0.05, 0.1) is 5.52 Å². The van der Waals surface area contributed by atoms with Crippen molar-refractivity contribution in [2.45, 2.75) is 46.5 Å². The number of benzene rings is 1. The number of aromatic nitrogens is 3. The second-order valence-electron chi connectivity index (χ2n) is 8.64. The van der Waals surface area contributed by atoms with Gasteiger partial charge >= 0.3 is 11.2 Å². The molecular formula is C24H27BrN4O2. The number of allylic oxidation sites excluding steroid dienone is 4. The minimum Gasteiger partial charge on any atom is -0.349 e. The van der Waals surface area contributed by atoms with E-state index in [1.807, 2.05) is 18.2 Å². The summed E-state index contributed by atoms with van der Waals surface area (Å²) in [5, 5.41) is 5.09. The lowest BCUT2D eigenvalue weighted by Crippen LogP contribution is -2.32. The third kappa shape index (κ3) is 4.51. The largest absolute Gasteiger partial charge is 0.350 e. The molecule has 2 N–H and O–H groups in total. The van der Waals surface area contributed by atoms with E-state index in [1.54, 1.807) is 6.21 Å². The van der Waals surface area contributed by atoms with Gasteiger partial charge in [-0.05, 0) is 63.6 Å². The van der Waals surface area contributed by atoms with Crippen molar-refractivity contribution < 1.29 is 0 Å². The van der Waals surface area contributed by atoms with Crippen LogP contribution < -0.4 is 11.2 Å². The van der Waals surface area contributed by atoms with Crippen LogP contribution in [0.2, 0.25) is 0 Å². The molecule has 1 aliphatic carbocycles. The van der Waals surface area contributed by atoms with Gasteiger partial charge in [-0.2, -0.15) is 5.10 Å². The summed E-state index contributed by atoms with van der Waals surface area (Å²) in [5.41, 5.74) is 3.51. The molecule has 0 fully saturated rings. The van der Waals surface area contributed by atoms with E-state index in [-0.39, 0.29) is 5.92 Å². The van der Waals surface area contributed by atoms with Crippen LogP contribution in [0.4, 0.5) is 0 Å². The zero-order chi connectivity index (χ0) is 22.1. The normalized spacial score (nSPS) is 19.3. The topological polar surface area (TPSA) is 83.0 Å². The predicted molar refractivity (Wildman–Crippen MR) is 131 cm³/mol. The average molecular weight is 483 g/mol. The van der Waals surface area contributed by atoms with Crippen LogP contribution in [0.15, 0.2) is 60.7 Å². The van der Waals surface area contributed by atoms with Crippen molar-refractivity contribution in [1.82, 2.24) is 14.6 Å². The zero-order valence-electron chi connectivity index (χ0n) is 18.0. The van der Waals surface area contributed by atoms with Gasteiger partial charge in [0.15, 0.2) is 0 Å². The van der Waals surface area contributed by atoms with Crippen LogP contribution in [0.1, 0.15) is 46.5 Å². The first-order chi connectivity index (χ1) is 14.8. The Kier molecular flexibility index (Phi) is 6.14. The van der Waals surface area contributed by atoms with Crippen molar-refractivity contribution in [3.63, 3.8) is 0 Å². The van der Waals surface area contributed by atoms with E-state index in [0.29, 0.717) is 17.0 Å². The zero-order valence-corrected chi connectivity index (χ0v) is 19.6. The van der Waals surface area contributed by atoms with E-state index < -0.39 is 11.2 Å². The van der Waals surface area contributed by atoms with Crippen molar-refractivity contribution in [1.29, 1.82) is 0 Å². The lowest BCUT2D eigenvalue weighted by molar-refractivity contribution is 0.429. The molecule has 31 heavy (non-hydrogen) atoms. The molecule has 162 valence electrons. The van der Waals surface area contributed by atoms with E-state index in [0.717, 1.165) is 45.7 Å². The van der Waals surface area contributed by atoms with Crippen molar-refractivity contribution >= 4 is 44.1 Å². The SMILES string of the molecule is CC(C)=CCCC1=CC[C@@H](/C=N\n2c(=O)[nH]c3c([nH]c4ccc(Br)cc43)c2=O)[C@@H](C)C1. The molecule has 0 saturated heterocycles. The molecule has 0 saturated carbocycles. The lowest BCUT2D eigenvalue weighted by Gasteiger charge is -2.25. The van der Waals surface area contributed by atoms with E-state index in [9.17, 15) is 9.59 Å². The number of nitrogens with zero attached hydrogens (tertiary/aromatic N) is 2. The quantitative estimate of drug-likeness (QED) is 0.372. The standard InChI is InChI=1S/C24H27BrN4O2/c1-14(2)5-4-6-16-7-8-17(15(3)11-16)13-26-29-23(30)22-21(28-24(29)31)19-12-18(25)9-10-20(19)27-22/h5,7,9-10,12-13,15,17,27H,4,6,8,11H2,1-3H3,(H,28,31)/b26-13-/t15-,17-/m0/s1. The fourth-order valence-corrected chi connectivity index (χ4v) is 4.57. The summed E-state index contributed by atoms with van der Waals surface area (Å²) in [6, 6.07) is 5.64. The number of hydrogen-bond donors (Lipinski definition) is 2. The van der Waals surface area contributed by atoms with Crippen LogP contribution in [-0.4, -0.2) is 20.9 Å². The summed E-state index contributed by atoms with van der Waals surface area (Å²) in [5.74, 6) is 0.618. The van der Waals surface area contributed by atoms with Crippen molar-refractivity contribution in [2.24, 2.45) is 16.9 Å². The van der Waals surface area contributed by atoms with Gasteiger partial charge in [-0.15, -0.1) is 4.68 Å². The molecule has 1 aromatic carbocycles. The molecule has 6 nitrogen and oxygen atoms in total. The second kappa shape index (κ2) is 8.83. The average Bonchev–Trinajstić information content (AvgIpc) is 3.07. The fraction of sp³-hybridized carbons (Fsp3) is 0.375. The van der Waals surface area contributed by atoms with Crippen molar-refractivity contribution in [3.8, 4) is 0 Å². The monoisotopic (exact) mass is 482 g/mol. The van der Waals surface area contributed by atoms with Crippen LogP contribution in [0.3, 0.4) is 0 Å². The highest BCUT2D eigenvalue weighted by molar-refractivity contribution is 9.10. The summed E-state index contributed by atoms with van der Waals surface area (Å²) >= 11 is 3.43. The number of rotatable bonds is 5. The molecule has 1 aliphatic rings. The molecule has 0 spiro atoms. The molecule has 0 unspecified atom stereocenters. The van der Waals surface area contributed by atoms with E-state index in [1.165, 1.54) is 11.1 Å². The molecule has 0 bridgehead atoms. The van der Waals surface area contributed by atoms with Gasteiger partial charge in [0.1, 0.15) is 5.52 Å². The molecular weight excluding hydrogens is 456 g/mol. The maximum absolute atomic E-state index is 13.0. The first kappa shape index (κ1) is 21.6. The van der Waals surface area contributed by atoms with E-state index in [2.05, 4.69) is 63.9 Å². The maximum Gasteiger partial charge on any atom is 0.350 e. The molecule has 2 heterocycles. The molecule has 3 aromatic rings. The Bertz CT molecular complexity index is 1340. The highest BCUT2D eigenvalue weighted by atomic mass is 79.9. The molecule has 2 aromatic heterocycles. The summed E-state index contributed by atoms with van der Waals surface area (Å²) in [7, 11) is 0. The van der Waals surface area contributed by atoms with E-state index in [4.69, 9.17) is 0 Å². The van der Waals surface area contributed by atoms with E-state index >= 15 is 0 Å². The van der Waals surface area contributed by atoms with Crippen molar-refractivity contribution in [3.05, 3.63) is 66.8 Å². The first-order valence-corrected chi connectivity index (χ1v) is 11.4. The molecule has 2 atom stereocenters. The summed E-state index contributed by atoms with van der Waals surface area (Å²) in [4.78, 5) is 31.5. The van der Waals surface area contributed by atoms with Crippen LogP contribution in [0.25, 0.3) is 21.9 Å². The fourth-order valence-electron chi connectivity index (χ4n) is 4.21. The first-order valence-electron chi connectivity index (χ1n) is 10.7. The highest BCUT2D eigenvalue weighted by Gasteiger charge is 2.21. The molecule has 0 aliphatic heterocycles. The lowest BCUT2D eigenvalue weighted by atomic mass is 9.80. The van der Waals surface area contributed by atoms with Gasteiger partial charge in [-0.25, -0.2) is 4.79 Å². The van der Waals surface area contributed by atoms with Crippen LogP contribution in [0.5, 0.6) is 0 Å². The summed E-state index contributed by atoms with van der Waals surface area (Å²) in [6.07, 6.45) is 10.4. The number of fused-ring (bicyclic) bond motifs is 3. The summed E-state index contributed by atoms with van der Waals surface area (Å²) in [6.45, 7) is 6.45. The Morgan fingerprint density at radius 3 is 2.81 bits per heavy atom. The van der Waals surface area contributed by atoms with Crippen molar-refractivity contribution in [2.75, 3.05) is 0 Å². The number of nitrogens with one attached hydrogen (secondary N) is 2. The Balaban J connectivity index is 1.59. The minimum atomic E-state index is -0.531.